The number of carbonyl (C=O) groups is 1. The Kier molecular flexibility index (Phi) is 8.20. The quantitative estimate of drug-likeness (QED) is 0.384. The van der Waals surface area contributed by atoms with Crippen molar-refractivity contribution in [2.75, 3.05) is 5.73 Å². The van der Waals surface area contributed by atoms with E-state index in [1.54, 1.807) is 31.2 Å². The molecular formula is C26H27ClF3N3O. The number of aryl methyl sites for hydroxylation is 3. The van der Waals surface area contributed by atoms with E-state index in [0.29, 0.717) is 11.5 Å². The zero-order chi connectivity index (χ0) is 24.9. The van der Waals surface area contributed by atoms with Crippen LogP contribution < -0.4 is 11.1 Å². The van der Waals surface area contributed by atoms with Crippen LogP contribution in [-0.4, -0.2) is 10.9 Å². The minimum absolute atomic E-state index is 0.0513. The number of rotatable bonds is 9. The molecule has 1 heterocycles. The summed E-state index contributed by atoms with van der Waals surface area (Å²) in [7, 11) is 0. The third-order valence-corrected chi connectivity index (χ3v) is 6.13. The average molecular weight is 490 g/mol. The monoisotopic (exact) mass is 489 g/mol. The van der Waals surface area contributed by atoms with Crippen molar-refractivity contribution in [1.29, 1.82) is 0 Å². The summed E-state index contributed by atoms with van der Waals surface area (Å²) in [5.41, 5.74) is 8.40. The summed E-state index contributed by atoms with van der Waals surface area (Å²) in [6.07, 6.45) is -0.493. The molecular weight excluding hydrogens is 463 g/mol. The van der Waals surface area contributed by atoms with Gasteiger partial charge in [0.05, 0.1) is 6.42 Å². The predicted molar refractivity (Wildman–Crippen MR) is 128 cm³/mol. The summed E-state index contributed by atoms with van der Waals surface area (Å²) in [6, 6.07) is 12.2. The first kappa shape index (κ1) is 25.6. The number of hydrogen-bond acceptors (Lipinski definition) is 3. The molecule has 0 bridgehead atoms. The molecule has 0 fully saturated rings. The summed E-state index contributed by atoms with van der Waals surface area (Å²) >= 11 is 6.15. The van der Waals surface area contributed by atoms with Crippen molar-refractivity contribution in [2.24, 2.45) is 0 Å². The highest BCUT2D eigenvalue weighted by Gasteiger charge is 2.30. The largest absolute Gasteiger partial charge is 0.384 e. The van der Waals surface area contributed by atoms with E-state index in [1.807, 2.05) is 6.92 Å². The molecule has 0 saturated carbocycles. The Morgan fingerprint density at radius 1 is 1.12 bits per heavy atom. The summed E-state index contributed by atoms with van der Waals surface area (Å²) in [5, 5.41) is 2.88. The van der Waals surface area contributed by atoms with Crippen LogP contribution in [0.1, 0.15) is 46.4 Å². The molecule has 0 aliphatic carbocycles. The molecule has 0 unspecified atom stereocenters. The zero-order valence-corrected chi connectivity index (χ0v) is 19.9. The SMILES string of the molecule is Cc1cc(N)nc(C)c1CNC(=O)Cc1c(Cl)ccc(CCCC(F)(F)c2ccccc2)c1F. The maximum atomic E-state index is 15.1. The molecule has 180 valence electrons. The van der Waals surface area contributed by atoms with Crippen molar-refractivity contribution in [1.82, 2.24) is 10.3 Å². The van der Waals surface area contributed by atoms with E-state index in [1.165, 1.54) is 24.3 Å². The molecule has 0 atom stereocenters. The van der Waals surface area contributed by atoms with Crippen LogP contribution in [0.3, 0.4) is 0 Å². The second kappa shape index (κ2) is 10.9. The van der Waals surface area contributed by atoms with E-state index in [2.05, 4.69) is 10.3 Å². The number of aromatic nitrogens is 1. The minimum Gasteiger partial charge on any atom is -0.384 e. The lowest BCUT2D eigenvalue weighted by atomic mass is 9.98. The molecule has 8 heteroatoms. The maximum Gasteiger partial charge on any atom is 0.273 e. The Balaban J connectivity index is 1.63. The fourth-order valence-electron chi connectivity index (χ4n) is 3.89. The number of nitrogens with two attached hydrogens (primary N) is 1. The van der Waals surface area contributed by atoms with Gasteiger partial charge in [0, 0.05) is 34.8 Å². The molecule has 0 spiro atoms. The van der Waals surface area contributed by atoms with E-state index < -0.39 is 24.1 Å². The van der Waals surface area contributed by atoms with Gasteiger partial charge in [-0.25, -0.2) is 18.2 Å². The Labute approximate surface area is 202 Å². The number of amides is 1. The van der Waals surface area contributed by atoms with Crippen LogP contribution in [0.5, 0.6) is 0 Å². The lowest BCUT2D eigenvalue weighted by Crippen LogP contribution is -2.26. The molecule has 4 nitrogen and oxygen atoms in total. The van der Waals surface area contributed by atoms with Crippen LogP contribution in [0.15, 0.2) is 48.5 Å². The van der Waals surface area contributed by atoms with E-state index in [4.69, 9.17) is 17.3 Å². The Bertz CT molecular complexity index is 1150. The van der Waals surface area contributed by atoms with Gasteiger partial charge in [0.2, 0.25) is 5.91 Å². The number of alkyl halides is 2. The molecule has 34 heavy (non-hydrogen) atoms. The topological polar surface area (TPSA) is 68.0 Å². The minimum atomic E-state index is -3.00. The van der Waals surface area contributed by atoms with E-state index in [-0.39, 0.29) is 47.5 Å². The van der Waals surface area contributed by atoms with Gasteiger partial charge in [-0.2, -0.15) is 0 Å². The van der Waals surface area contributed by atoms with Gasteiger partial charge in [-0.15, -0.1) is 0 Å². The standard InChI is InChI=1S/C26H27ClF3N3O/c1-16-13-23(31)33-17(2)21(16)15-32-24(34)14-20-22(27)11-10-18(25(20)28)7-6-12-26(29,30)19-8-4-3-5-9-19/h3-5,8-11,13H,6-7,12,14-15H2,1-2H3,(H2,31,33)(H,32,34). The highest BCUT2D eigenvalue weighted by Crippen LogP contribution is 2.33. The first-order chi connectivity index (χ1) is 16.1. The number of nitrogens with zero attached hydrogens (tertiary/aromatic N) is 1. The summed E-state index contributed by atoms with van der Waals surface area (Å²) in [4.78, 5) is 16.7. The van der Waals surface area contributed by atoms with Crippen molar-refractivity contribution in [3.8, 4) is 0 Å². The van der Waals surface area contributed by atoms with E-state index >= 15 is 4.39 Å². The summed E-state index contributed by atoms with van der Waals surface area (Å²) < 4.78 is 43.9. The van der Waals surface area contributed by atoms with E-state index in [9.17, 15) is 13.6 Å². The number of hydrogen-bond donors (Lipinski definition) is 2. The second-order valence-corrected chi connectivity index (χ2v) is 8.71. The Morgan fingerprint density at radius 3 is 2.50 bits per heavy atom. The molecule has 3 rings (SSSR count). The molecule has 3 aromatic rings. The molecule has 0 aliphatic heterocycles. The van der Waals surface area contributed by atoms with Gasteiger partial charge in [-0.05, 0) is 55.5 Å². The van der Waals surface area contributed by atoms with Crippen LogP contribution >= 0.6 is 11.6 Å². The summed E-state index contributed by atoms with van der Waals surface area (Å²) in [6.45, 7) is 3.89. The number of halogens is 4. The first-order valence-corrected chi connectivity index (χ1v) is 11.3. The van der Waals surface area contributed by atoms with Crippen molar-refractivity contribution in [3.63, 3.8) is 0 Å². The Morgan fingerprint density at radius 2 is 1.82 bits per heavy atom. The van der Waals surface area contributed by atoms with Crippen molar-refractivity contribution in [3.05, 3.63) is 92.9 Å². The first-order valence-electron chi connectivity index (χ1n) is 11.0. The second-order valence-electron chi connectivity index (χ2n) is 8.30. The fourth-order valence-corrected chi connectivity index (χ4v) is 4.11. The van der Waals surface area contributed by atoms with E-state index in [0.717, 1.165) is 11.1 Å². The van der Waals surface area contributed by atoms with Crippen LogP contribution in [0.4, 0.5) is 19.0 Å². The van der Waals surface area contributed by atoms with Gasteiger partial charge in [-0.3, -0.25) is 4.79 Å². The molecule has 1 aromatic heterocycles. The molecule has 0 aliphatic rings. The van der Waals surface area contributed by atoms with Gasteiger partial charge in [-0.1, -0.05) is 48.0 Å². The van der Waals surface area contributed by atoms with Gasteiger partial charge in [0.15, 0.2) is 0 Å². The van der Waals surface area contributed by atoms with Gasteiger partial charge in [0.1, 0.15) is 11.6 Å². The summed E-state index contributed by atoms with van der Waals surface area (Å²) in [5.74, 6) is -3.64. The highest BCUT2D eigenvalue weighted by atomic mass is 35.5. The maximum absolute atomic E-state index is 15.1. The van der Waals surface area contributed by atoms with Crippen LogP contribution in [0.25, 0.3) is 0 Å². The zero-order valence-electron chi connectivity index (χ0n) is 19.1. The highest BCUT2D eigenvalue weighted by molar-refractivity contribution is 6.31. The van der Waals surface area contributed by atoms with Crippen molar-refractivity contribution < 1.29 is 18.0 Å². The smallest absolute Gasteiger partial charge is 0.273 e. The Hall–Kier alpha value is -3.06. The number of nitrogens with one attached hydrogen (secondary N) is 1. The lowest BCUT2D eigenvalue weighted by molar-refractivity contribution is -0.120. The van der Waals surface area contributed by atoms with Gasteiger partial charge in [0.25, 0.3) is 5.92 Å². The molecule has 0 radical (unpaired) electrons. The fraction of sp³-hybridized carbons (Fsp3) is 0.308. The number of carbonyl (C=O) groups excluding carboxylic acids is 1. The predicted octanol–water partition coefficient (Wildman–Crippen LogP) is 6.05. The normalized spacial score (nSPS) is 11.5. The number of pyridine rings is 1. The number of nitrogen functional groups attached to an aromatic ring is 1. The average Bonchev–Trinajstić information content (AvgIpc) is 2.78. The molecule has 1 amide bonds. The van der Waals surface area contributed by atoms with Gasteiger partial charge < -0.3 is 11.1 Å². The number of anilines is 1. The van der Waals surface area contributed by atoms with Crippen LogP contribution in [-0.2, 0) is 30.1 Å². The van der Waals surface area contributed by atoms with Gasteiger partial charge >= 0.3 is 0 Å². The van der Waals surface area contributed by atoms with Crippen molar-refractivity contribution >= 4 is 23.3 Å². The lowest BCUT2D eigenvalue weighted by Gasteiger charge is -2.17. The third kappa shape index (κ3) is 6.29. The number of benzene rings is 2. The molecule has 3 N–H and O–H groups in total. The third-order valence-electron chi connectivity index (χ3n) is 5.77. The van der Waals surface area contributed by atoms with Crippen molar-refractivity contribution in [2.45, 2.75) is 52.0 Å². The van der Waals surface area contributed by atoms with Crippen LogP contribution in [0, 0.1) is 19.7 Å². The molecule has 2 aromatic carbocycles. The molecule has 0 saturated heterocycles. The van der Waals surface area contributed by atoms with Crippen LogP contribution in [0.2, 0.25) is 5.02 Å².